The maximum absolute atomic E-state index is 12.9. The Balaban J connectivity index is 1.88. The number of methoxy groups -OCH3 is 2. The molecule has 1 aliphatic rings. The fourth-order valence-corrected chi connectivity index (χ4v) is 3.87. The van der Waals surface area contributed by atoms with Gasteiger partial charge in [0.2, 0.25) is 5.91 Å². The van der Waals surface area contributed by atoms with E-state index in [4.69, 9.17) is 21.1 Å². The summed E-state index contributed by atoms with van der Waals surface area (Å²) in [6.07, 6.45) is 0.247. The topological polar surface area (TPSA) is 38.8 Å². The molecule has 4 nitrogen and oxygen atoms in total. The molecule has 0 spiro atoms. The van der Waals surface area contributed by atoms with E-state index in [1.807, 2.05) is 36.4 Å². The molecule has 126 valence electrons. The first-order valence-electron chi connectivity index (χ1n) is 7.56. The van der Waals surface area contributed by atoms with Crippen molar-refractivity contribution in [3.8, 4) is 11.5 Å². The largest absolute Gasteiger partial charge is 0.497 e. The summed E-state index contributed by atoms with van der Waals surface area (Å²) in [6.45, 7) is 0.670. The normalized spacial score (nSPS) is 13.4. The molecule has 0 aromatic heterocycles. The lowest BCUT2D eigenvalue weighted by Gasteiger charge is -2.29. The van der Waals surface area contributed by atoms with Gasteiger partial charge in [0.05, 0.1) is 26.3 Å². The third-order valence-electron chi connectivity index (χ3n) is 3.91. The van der Waals surface area contributed by atoms with Gasteiger partial charge in [-0.15, -0.1) is 11.8 Å². The van der Waals surface area contributed by atoms with E-state index in [9.17, 15) is 4.79 Å². The van der Waals surface area contributed by atoms with E-state index in [2.05, 4.69) is 0 Å². The number of rotatable bonds is 4. The van der Waals surface area contributed by atoms with Crippen molar-refractivity contribution in [3.63, 3.8) is 0 Å². The lowest BCUT2D eigenvalue weighted by molar-refractivity contribution is -0.118. The average Bonchev–Trinajstić information content (AvgIpc) is 2.60. The number of benzene rings is 2. The first-order chi connectivity index (χ1) is 11.6. The molecular weight excluding hydrogens is 346 g/mol. The van der Waals surface area contributed by atoms with Gasteiger partial charge >= 0.3 is 0 Å². The van der Waals surface area contributed by atoms with Crippen LogP contribution in [0.4, 0.5) is 5.69 Å². The van der Waals surface area contributed by atoms with E-state index >= 15 is 0 Å². The number of carbonyl (C=O) groups is 1. The highest BCUT2D eigenvalue weighted by Crippen LogP contribution is 2.37. The summed E-state index contributed by atoms with van der Waals surface area (Å²) in [5.74, 6) is 2.28. The highest BCUT2D eigenvalue weighted by Gasteiger charge is 2.24. The number of fused-ring (bicyclic) bond motifs is 1. The number of nitrogens with zero attached hydrogens (tertiary/aromatic N) is 1. The molecule has 3 rings (SSSR count). The monoisotopic (exact) mass is 363 g/mol. The number of hydrogen-bond donors (Lipinski definition) is 0. The number of carbonyl (C=O) groups excluding carboxylic acids is 1. The van der Waals surface area contributed by atoms with Crippen LogP contribution >= 0.6 is 23.4 Å². The predicted octanol–water partition coefficient (Wildman–Crippen LogP) is 4.04. The molecule has 0 unspecified atom stereocenters. The Bertz CT molecular complexity index is 766. The SMILES string of the molecule is COc1ccc(OC)c(CC(=O)N2CCSc3ccc(Cl)cc32)c1. The minimum absolute atomic E-state index is 0.0189. The fourth-order valence-electron chi connectivity index (χ4n) is 2.73. The lowest BCUT2D eigenvalue weighted by Crippen LogP contribution is -2.36. The third-order valence-corrected chi connectivity index (χ3v) is 5.19. The van der Waals surface area contributed by atoms with Gasteiger partial charge in [-0.3, -0.25) is 4.79 Å². The van der Waals surface area contributed by atoms with Crippen LogP contribution in [0.15, 0.2) is 41.3 Å². The highest BCUT2D eigenvalue weighted by atomic mass is 35.5. The number of halogens is 1. The zero-order valence-corrected chi connectivity index (χ0v) is 15.1. The van der Waals surface area contributed by atoms with E-state index in [0.29, 0.717) is 23.1 Å². The zero-order valence-electron chi connectivity index (χ0n) is 13.5. The second-order valence-electron chi connectivity index (χ2n) is 5.36. The standard InChI is InChI=1S/C18H18ClNO3S/c1-22-14-4-5-16(23-2)12(9-14)10-18(21)20-7-8-24-17-6-3-13(19)11-15(17)20/h3-6,9,11H,7-8,10H2,1-2H3. The summed E-state index contributed by atoms with van der Waals surface area (Å²) in [4.78, 5) is 15.8. The van der Waals surface area contributed by atoms with Crippen LogP contribution in [0.2, 0.25) is 5.02 Å². The van der Waals surface area contributed by atoms with Crippen molar-refractivity contribution < 1.29 is 14.3 Å². The number of hydrogen-bond acceptors (Lipinski definition) is 4. The van der Waals surface area contributed by atoms with Gasteiger partial charge in [-0.25, -0.2) is 0 Å². The molecular formula is C18H18ClNO3S. The summed E-state index contributed by atoms with van der Waals surface area (Å²) in [7, 11) is 3.20. The fraction of sp³-hybridized carbons (Fsp3) is 0.278. The maximum Gasteiger partial charge on any atom is 0.231 e. The summed E-state index contributed by atoms with van der Waals surface area (Å²) in [5.41, 5.74) is 1.69. The van der Waals surface area contributed by atoms with Gasteiger partial charge in [0, 0.05) is 27.8 Å². The van der Waals surface area contributed by atoms with Gasteiger partial charge in [0.1, 0.15) is 11.5 Å². The van der Waals surface area contributed by atoms with Crippen molar-refractivity contribution in [2.75, 3.05) is 31.4 Å². The van der Waals surface area contributed by atoms with Gasteiger partial charge in [-0.1, -0.05) is 11.6 Å². The molecule has 2 aromatic carbocycles. The van der Waals surface area contributed by atoms with Crippen molar-refractivity contribution in [2.24, 2.45) is 0 Å². The molecule has 0 fully saturated rings. The van der Waals surface area contributed by atoms with Crippen molar-refractivity contribution >= 4 is 35.0 Å². The predicted molar refractivity (Wildman–Crippen MR) is 97.8 cm³/mol. The summed E-state index contributed by atoms with van der Waals surface area (Å²) >= 11 is 7.85. The molecule has 0 radical (unpaired) electrons. The van der Waals surface area contributed by atoms with E-state index in [1.54, 1.807) is 30.9 Å². The molecule has 6 heteroatoms. The van der Waals surface area contributed by atoms with Crippen LogP contribution in [0.5, 0.6) is 11.5 Å². The van der Waals surface area contributed by atoms with Crippen LogP contribution in [-0.4, -0.2) is 32.4 Å². The Hall–Kier alpha value is -1.85. The Morgan fingerprint density at radius 3 is 2.79 bits per heavy atom. The molecule has 0 atom stereocenters. The Morgan fingerprint density at radius 2 is 2.04 bits per heavy atom. The third kappa shape index (κ3) is 3.47. The smallest absolute Gasteiger partial charge is 0.231 e. The number of thioether (sulfide) groups is 1. The van der Waals surface area contributed by atoms with Crippen molar-refractivity contribution in [3.05, 3.63) is 47.0 Å². The number of amides is 1. The second kappa shape index (κ2) is 7.36. The van der Waals surface area contributed by atoms with Gasteiger partial charge in [0.25, 0.3) is 0 Å². The molecule has 1 amide bonds. The van der Waals surface area contributed by atoms with Crippen LogP contribution in [-0.2, 0) is 11.2 Å². The zero-order chi connectivity index (χ0) is 17.1. The number of anilines is 1. The molecule has 24 heavy (non-hydrogen) atoms. The van der Waals surface area contributed by atoms with E-state index in [0.717, 1.165) is 21.9 Å². The van der Waals surface area contributed by atoms with Gasteiger partial charge in [-0.2, -0.15) is 0 Å². The lowest BCUT2D eigenvalue weighted by atomic mass is 10.1. The van der Waals surface area contributed by atoms with Crippen LogP contribution in [0.1, 0.15) is 5.56 Å². The summed E-state index contributed by atoms with van der Waals surface area (Å²) < 4.78 is 10.6. The molecule has 0 saturated heterocycles. The van der Waals surface area contributed by atoms with Crippen LogP contribution in [0.3, 0.4) is 0 Å². The van der Waals surface area contributed by atoms with Gasteiger partial charge in [-0.05, 0) is 36.4 Å². The number of ether oxygens (including phenoxy) is 2. The van der Waals surface area contributed by atoms with Crippen molar-refractivity contribution in [1.29, 1.82) is 0 Å². The quantitative estimate of drug-likeness (QED) is 0.821. The van der Waals surface area contributed by atoms with Gasteiger partial charge < -0.3 is 14.4 Å². The molecule has 0 N–H and O–H groups in total. The minimum atomic E-state index is 0.0189. The van der Waals surface area contributed by atoms with Crippen LogP contribution in [0, 0.1) is 0 Å². The summed E-state index contributed by atoms with van der Waals surface area (Å²) in [6, 6.07) is 11.1. The highest BCUT2D eigenvalue weighted by molar-refractivity contribution is 7.99. The maximum atomic E-state index is 12.9. The summed E-state index contributed by atoms with van der Waals surface area (Å²) in [5, 5.41) is 0.632. The molecule has 1 heterocycles. The van der Waals surface area contributed by atoms with Crippen molar-refractivity contribution in [1.82, 2.24) is 0 Å². The first kappa shape index (κ1) is 17.0. The van der Waals surface area contributed by atoms with E-state index in [-0.39, 0.29) is 12.3 Å². The Morgan fingerprint density at radius 1 is 1.21 bits per heavy atom. The first-order valence-corrected chi connectivity index (χ1v) is 8.92. The molecule has 0 aliphatic carbocycles. The van der Waals surface area contributed by atoms with Crippen LogP contribution in [0.25, 0.3) is 0 Å². The van der Waals surface area contributed by atoms with Crippen LogP contribution < -0.4 is 14.4 Å². The molecule has 1 aliphatic heterocycles. The Kier molecular flexibility index (Phi) is 5.21. The molecule has 0 saturated carbocycles. The van der Waals surface area contributed by atoms with E-state index in [1.165, 1.54) is 0 Å². The van der Waals surface area contributed by atoms with Crippen molar-refractivity contribution in [2.45, 2.75) is 11.3 Å². The molecule has 0 bridgehead atoms. The molecule has 2 aromatic rings. The Labute approximate surface area is 150 Å². The minimum Gasteiger partial charge on any atom is -0.497 e. The van der Waals surface area contributed by atoms with E-state index < -0.39 is 0 Å². The van der Waals surface area contributed by atoms with Gasteiger partial charge in [0.15, 0.2) is 0 Å². The average molecular weight is 364 g/mol. The second-order valence-corrected chi connectivity index (χ2v) is 6.93.